The molecule has 0 spiro atoms. The van der Waals surface area contributed by atoms with Gasteiger partial charge in [-0.05, 0) is 48.6 Å². The average molecular weight is 469 g/mol. The quantitative estimate of drug-likeness (QED) is 0.305. The van der Waals surface area contributed by atoms with Crippen molar-refractivity contribution in [1.29, 1.82) is 0 Å². The molecule has 0 aliphatic carbocycles. The van der Waals surface area contributed by atoms with E-state index in [2.05, 4.69) is 15.0 Å². The minimum Gasteiger partial charge on any atom is -0.494 e. The number of halogens is 2. The van der Waals surface area contributed by atoms with Crippen LogP contribution in [0.3, 0.4) is 0 Å². The van der Waals surface area contributed by atoms with E-state index in [1.165, 1.54) is 24.5 Å². The molecule has 2 aromatic heterocycles. The van der Waals surface area contributed by atoms with E-state index in [9.17, 15) is 14.3 Å². The molecule has 2 heterocycles. The van der Waals surface area contributed by atoms with Gasteiger partial charge in [-0.1, -0.05) is 29.8 Å². The highest BCUT2D eigenvalue weighted by atomic mass is 35.5. The van der Waals surface area contributed by atoms with Crippen LogP contribution in [0.15, 0.2) is 76.6 Å². The minimum absolute atomic E-state index is 0.0867. The van der Waals surface area contributed by atoms with Gasteiger partial charge in [-0.25, -0.2) is 9.37 Å². The van der Waals surface area contributed by atoms with E-state index in [0.717, 1.165) is 10.6 Å². The second-order valence-corrected chi connectivity index (χ2v) is 7.25. The van der Waals surface area contributed by atoms with Crippen LogP contribution in [0.4, 0.5) is 10.1 Å². The van der Waals surface area contributed by atoms with Crippen LogP contribution >= 0.6 is 23.8 Å². The first-order valence-corrected chi connectivity index (χ1v) is 9.98. The number of ether oxygens (including phenoxy) is 1. The van der Waals surface area contributed by atoms with Crippen molar-refractivity contribution in [2.24, 2.45) is 4.99 Å². The average Bonchev–Trinajstić information content (AvgIpc) is 2.77. The van der Waals surface area contributed by atoms with Crippen LogP contribution in [0.1, 0.15) is 5.56 Å². The van der Waals surface area contributed by atoms with Gasteiger partial charge in [0.15, 0.2) is 4.77 Å². The normalized spacial score (nSPS) is 11.1. The number of nitrogens with one attached hydrogen (secondary N) is 1. The van der Waals surface area contributed by atoms with Crippen LogP contribution in [0, 0.1) is 10.6 Å². The molecule has 0 radical (unpaired) electrons. The Morgan fingerprint density at radius 2 is 1.97 bits per heavy atom. The fourth-order valence-corrected chi connectivity index (χ4v) is 3.24. The Morgan fingerprint density at radius 3 is 2.66 bits per heavy atom. The Morgan fingerprint density at radius 1 is 1.19 bits per heavy atom. The largest absolute Gasteiger partial charge is 0.494 e. The second-order valence-electron chi connectivity index (χ2n) is 6.46. The smallest absolute Gasteiger partial charge is 0.264 e. The number of aromatic hydroxyl groups is 1. The molecular formula is C22H14ClFN4O3S. The summed E-state index contributed by atoms with van der Waals surface area (Å²) in [4.78, 5) is 23.1. The van der Waals surface area contributed by atoms with E-state index in [1.807, 2.05) is 18.2 Å². The molecule has 0 amide bonds. The number of benzene rings is 2. The molecular weight excluding hydrogens is 455 g/mol. The van der Waals surface area contributed by atoms with Gasteiger partial charge in [0.05, 0.1) is 22.6 Å². The number of aromatic nitrogens is 3. The topological polar surface area (TPSA) is 92.5 Å². The molecule has 4 aromatic rings. The van der Waals surface area contributed by atoms with E-state index in [-0.39, 0.29) is 21.0 Å². The maximum absolute atomic E-state index is 13.5. The van der Waals surface area contributed by atoms with Crippen molar-refractivity contribution in [3.63, 3.8) is 0 Å². The van der Waals surface area contributed by atoms with E-state index >= 15 is 0 Å². The van der Waals surface area contributed by atoms with E-state index in [1.54, 1.807) is 24.3 Å². The first-order chi connectivity index (χ1) is 15.4. The molecule has 10 heteroatoms. The summed E-state index contributed by atoms with van der Waals surface area (Å²) in [6.07, 6.45) is 2.63. The SMILES string of the molecule is O=c1[nH]c(=S)n(-c2ccc(F)c(Cl)c2)c(O)c1C=Nc1ccc(Oc2ccccc2)nc1. The van der Waals surface area contributed by atoms with Crippen molar-refractivity contribution < 1.29 is 14.2 Å². The summed E-state index contributed by atoms with van der Waals surface area (Å²) in [5.74, 6) is -0.0820. The van der Waals surface area contributed by atoms with Crippen molar-refractivity contribution in [3.05, 3.63) is 98.4 Å². The second kappa shape index (κ2) is 9.13. The van der Waals surface area contributed by atoms with Crippen LogP contribution in [-0.2, 0) is 0 Å². The van der Waals surface area contributed by atoms with Gasteiger partial charge in [0.1, 0.15) is 17.1 Å². The third kappa shape index (κ3) is 4.58. The van der Waals surface area contributed by atoms with Gasteiger partial charge >= 0.3 is 0 Å². The number of para-hydroxylation sites is 1. The number of nitrogens with zero attached hydrogens (tertiary/aromatic N) is 3. The zero-order valence-electron chi connectivity index (χ0n) is 16.2. The molecule has 0 atom stereocenters. The lowest BCUT2D eigenvalue weighted by Gasteiger charge is -2.11. The number of hydrogen-bond donors (Lipinski definition) is 2. The molecule has 0 bridgehead atoms. The maximum Gasteiger partial charge on any atom is 0.264 e. The molecule has 160 valence electrons. The summed E-state index contributed by atoms with van der Waals surface area (Å²) in [7, 11) is 0. The first-order valence-electron chi connectivity index (χ1n) is 9.19. The lowest BCUT2D eigenvalue weighted by atomic mass is 10.2. The fraction of sp³-hybridized carbons (Fsp3) is 0. The Bertz CT molecular complexity index is 1420. The standard InChI is InChI=1S/C22H14ClFN4O3S/c23-17-10-14(7-8-18(17)24)28-21(30)16(20(29)27-22(28)32)12-25-13-6-9-19(26-11-13)31-15-4-2-1-3-5-15/h1-12,30H,(H,27,29,32). The Labute approximate surface area is 191 Å². The van der Waals surface area contributed by atoms with E-state index in [4.69, 9.17) is 28.6 Å². The number of pyridine rings is 1. The summed E-state index contributed by atoms with van der Waals surface area (Å²) >= 11 is 11.0. The first kappa shape index (κ1) is 21.4. The third-order valence-corrected chi connectivity index (χ3v) is 4.89. The van der Waals surface area contributed by atoms with Gasteiger partial charge in [-0.3, -0.25) is 19.3 Å². The van der Waals surface area contributed by atoms with Crippen molar-refractivity contribution in [2.45, 2.75) is 0 Å². The zero-order chi connectivity index (χ0) is 22.7. The van der Waals surface area contributed by atoms with Crippen molar-refractivity contribution in [3.8, 4) is 23.2 Å². The Kier molecular flexibility index (Phi) is 6.11. The molecule has 0 fully saturated rings. The maximum atomic E-state index is 13.5. The summed E-state index contributed by atoms with van der Waals surface area (Å²) < 4.78 is 20.2. The van der Waals surface area contributed by atoms with Crippen LogP contribution in [0.2, 0.25) is 5.02 Å². The number of aliphatic imine (C=N–C) groups is 1. The predicted octanol–water partition coefficient (Wildman–Crippen LogP) is 5.33. The van der Waals surface area contributed by atoms with Gasteiger partial charge < -0.3 is 9.84 Å². The summed E-state index contributed by atoms with van der Waals surface area (Å²) in [6.45, 7) is 0. The van der Waals surface area contributed by atoms with Crippen LogP contribution in [0.5, 0.6) is 17.5 Å². The van der Waals surface area contributed by atoms with Gasteiger partial charge in [-0.15, -0.1) is 0 Å². The molecule has 0 aliphatic heterocycles. The molecule has 0 unspecified atom stereocenters. The Balaban J connectivity index is 1.63. The van der Waals surface area contributed by atoms with Gasteiger partial charge in [0, 0.05) is 12.3 Å². The predicted molar refractivity (Wildman–Crippen MR) is 122 cm³/mol. The van der Waals surface area contributed by atoms with Crippen LogP contribution in [-0.4, -0.2) is 25.9 Å². The van der Waals surface area contributed by atoms with E-state index in [0.29, 0.717) is 17.3 Å². The lowest BCUT2D eigenvalue weighted by molar-refractivity contribution is 0.432. The molecule has 0 saturated heterocycles. The summed E-state index contributed by atoms with van der Waals surface area (Å²) in [5, 5.41) is 10.5. The monoisotopic (exact) mass is 468 g/mol. The molecule has 2 N–H and O–H groups in total. The van der Waals surface area contributed by atoms with Gasteiger partial charge in [0.25, 0.3) is 5.56 Å². The lowest BCUT2D eigenvalue weighted by Crippen LogP contribution is -2.18. The van der Waals surface area contributed by atoms with E-state index < -0.39 is 17.3 Å². The molecule has 32 heavy (non-hydrogen) atoms. The third-order valence-electron chi connectivity index (χ3n) is 4.31. The van der Waals surface area contributed by atoms with Crippen molar-refractivity contribution >= 4 is 35.7 Å². The molecule has 0 aliphatic rings. The number of aromatic amines is 1. The van der Waals surface area contributed by atoms with Gasteiger partial charge in [0.2, 0.25) is 11.8 Å². The molecule has 4 rings (SSSR count). The number of H-pyrrole nitrogens is 1. The summed E-state index contributed by atoms with van der Waals surface area (Å²) in [5.41, 5.74) is -0.0988. The highest BCUT2D eigenvalue weighted by Gasteiger charge is 2.14. The van der Waals surface area contributed by atoms with Crippen molar-refractivity contribution in [1.82, 2.24) is 14.5 Å². The number of hydrogen-bond acceptors (Lipinski definition) is 6. The molecule has 7 nitrogen and oxygen atoms in total. The minimum atomic E-state index is -0.641. The fourth-order valence-electron chi connectivity index (χ4n) is 2.78. The zero-order valence-corrected chi connectivity index (χ0v) is 17.8. The van der Waals surface area contributed by atoms with Crippen LogP contribution in [0.25, 0.3) is 5.69 Å². The van der Waals surface area contributed by atoms with Gasteiger partial charge in [-0.2, -0.15) is 0 Å². The summed E-state index contributed by atoms with van der Waals surface area (Å²) in [6, 6.07) is 16.2. The van der Waals surface area contributed by atoms with Crippen LogP contribution < -0.4 is 10.3 Å². The highest BCUT2D eigenvalue weighted by Crippen LogP contribution is 2.24. The van der Waals surface area contributed by atoms with Crippen molar-refractivity contribution in [2.75, 3.05) is 0 Å². The highest BCUT2D eigenvalue weighted by molar-refractivity contribution is 7.71. The number of rotatable bonds is 5. The molecule has 2 aromatic carbocycles. The molecule has 0 saturated carbocycles. The Hall–Kier alpha value is -3.82.